The monoisotopic (exact) mass is 370 g/mol. The van der Waals surface area contributed by atoms with Crippen LogP contribution in [-0.2, 0) is 10.0 Å². The van der Waals surface area contributed by atoms with E-state index in [0.29, 0.717) is 11.5 Å². The van der Waals surface area contributed by atoms with E-state index in [2.05, 4.69) is 5.43 Å². The number of amides is 1. The van der Waals surface area contributed by atoms with E-state index in [0.717, 1.165) is 0 Å². The molecule has 0 fully saturated rings. The molecule has 1 amide bonds. The zero-order chi connectivity index (χ0) is 17.7. The molecule has 0 spiro atoms. The van der Waals surface area contributed by atoms with Crippen molar-refractivity contribution in [3.63, 3.8) is 0 Å². The highest BCUT2D eigenvalue weighted by Crippen LogP contribution is 2.27. The highest BCUT2D eigenvalue weighted by atomic mass is 35.5. The van der Waals surface area contributed by atoms with Gasteiger partial charge >= 0.3 is 0 Å². The zero-order valence-corrected chi connectivity index (χ0v) is 14.4. The molecule has 2 rings (SSSR count). The van der Waals surface area contributed by atoms with Gasteiger partial charge in [0, 0.05) is 5.56 Å². The van der Waals surface area contributed by atoms with Gasteiger partial charge in [-0.05, 0) is 30.3 Å². The molecule has 2 aromatic carbocycles. The van der Waals surface area contributed by atoms with Gasteiger partial charge in [-0.1, -0.05) is 23.7 Å². The summed E-state index contributed by atoms with van der Waals surface area (Å²) in [6.07, 6.45) is 0. The molecule has 0 radical (unpaired) electrons. The summed E-state index contributed by atoms with van der Waals surface area (Å²) >= 11 is 5.85. The number of halogens is 1. The number of hydrogen-bond acceptors (Lipinski definition) is 5. The van der Waals surface area contributed by atoms with E-state index in [1.165, 1.54) is 50.6 Å². The van der Waals surface area contributed by atoms with E-state index in [9.17, 15) is 13.2 Å². The molecule has 0 atom stereocenters. The van der Waals surface area contributed by atoms with Gasteiger partial charge in [-0.3, -0.25) is 10.2 Å². The Hall–Kier alpha value is -2.29. The minimum Gasteiger partial charge on any atom is -0.493 e. The second-order valence-electron chi connectivity index (χ2n) is 4.56. The van der Waals surface area contributed by atoms with E-state index in [4.69, 9.17) is 21.1 Å². The molecule has 0 bridgehead atoms. The maximum Gasteiger partial charge on any atom is 0.266 e. The van der Waals surface area contributed by atoms with Gasteiger partial charge in [-0.2, -0.15) is 0 Å². The number of nitrogens with one attached hydrogen (secondary N) is 2. The molecule has 0 aliphatic rings. The fraction of sp³-hybridized carbons (Fsp3) is 0.133. The van der Waals surface area contributed by atoms with Gasteiger partial charge in [0.1, 0.15) is 4.90 Å². The van der Waals surface area contributed by atoms with Gasteiger partial charge in [0.15, 0.2) is 11.5 Å². The van der Waals surface area contributed by atoms with Gasteiger partial charge in [0.25, 0.3) is 15.9 Å². The molecule has 0 saturated heterocycles. The number of carbonyl (C=O) groups excluding carboxylic acids is 1. The largest absolute Gasteiger partial charge is 0.493 e. The Morgan fingerprint density at radius 1 is 1.04 bits per heavy atom. The van der Waals surface area contributed by atoms with Gasteiger partial charge < -0.3 is 9.47 Å². The van der Waals surface area contributed by atoms with E-state index < -0.39 is 15.9 Å². The standard InChI is InChI=1S/C15H15ClN2O5S/c1-22-12-8-7-10(9-13(12)23-2)15(19)17-18-24(20,21)14-6-4-3-5-11(14)16/h3-9,18H,1-2H3,(H,17,19). The molecule has 0 aromatic heterocycles. The summed E-state index contributed by atoms with van der Waals surface area (Å²) in [4.78, 5) is 14.0. The average molecular weight is 371 g/mol. The van der Waals surface area contributed by atoms with Crippen molar-refractivity contribution in [1.82, 2.24) is 10.3 Å². The molecule has 2 N–H and O–H groups in total. The topological polar surface area (TPSA) is 93.7 Å². The fourth-order valence-electron chi connectivity index (χ4n) is 1.88. The molecule has 128 valence electrons. The van der Waals surface area contributed by atoms with Crippen molar-refractivity contribution in [3.8, 4) is 11.5 Å². The molecular formula is C15H15ClN2O5S. The molecule has 0 aliphatic carbocycles. The second kappa shape index (κ2) is 7.52. The maximum absolute atomic E-state index is 12.2. The van der Waals surface area contributed by atoms with Gasteiger partial charge in [0.2, 0.25) is 0 Å². The van der Waals surface area contributed by atoms with Crippen molar-refractivity contribution in [2.45, 2.75) is 4.90 Å². The maximum atomic E-state index is 12.2. The molecule has 7 nitrogen and oxygen atoms in total. The third-order valence-corrected chi connectivity index (χ3v) is 4.82. The lowest BCUT2D eigenvalue weighted by atomic mass is 10.2. The van der Waals surface area contributed by atoms with Crippen LogP contribution in [-0.4, -0.2) is 28.5 Å². The molecule has 2 aromatic rings. The number of benzene rings is 2. The highest BCUT2D eigenvalue weighted by Gasteiger charge is 2.19. The predicted octanol–water partition coefficient (Wildman–Crippen LogP) is 1.98. The molecule has 0 heterocycles. The summed E-state index contributed by atoms with van der Waals surface area (Å²) in [5.74, 6) is 0.136. The predicted molar refractivity (Wildman–Crippen MR) is 88.8 cm³/mol. The summed E-state index contributed by atoms with van der Waals surface area (Å²) in [5, 5.41) is 0.0466. The van der Waals surface area contributed by atoms with Crippen molar-refractivity contribution in [1.29, 1.82) is 0 Å². The van der Waals surface area contributed by atoms with Crippen LogP contribution in [0.1, 0.15) is 10.4 Å². The fourth-order valence-corrected chi connectivity index (χ4v) is 3.24. The Balaban J connectivity index is 2.15. The van der Waals surface area contributed by atoms with E-state index in [1.54, 1.807) is 6.07 Å². The van der Waals surface area contributed by atoms with Crippen LogP contribution in [0.25, 0.3) is 0 Å². The molecule has 9 heteroatoms. The Kier molecular flexibility index (Phi) is 5.66. The normalized spacial score (nSPS) is 11.0. The van der Waals surface area contributed by atoms with Crippen LogP contribution in [0.15, 0.2) is 47.4 Å². The van der Waals surface area contributed by atoms with Gasteiger partial charge in [-0.25, -0.2) is 8.42 Å². The number of rotatable bonds is 6. The molecule has 24 heavy (non-hydrogen) atoms. The summed E-state index contributed by atoms with van der Waals surface area (Å²) < 4.78 is 34.5. The summed E-state index contributed by atoms with van der Waals surface area (Å²) in [7, 11) is -1.09. The van der Waals surface area contributed by atoms with Crippen molar-refractivity contribution in [3.05, 3.63) is 53.1 Å². The quantitative estimate of drug-likeness (QED) is 0.758. The molecule has 0 saturated carbocycles. The van der Waals surface area contributed by atoms with Crippen molar-refractivity contribution in [2.24, 2.45) is 0 Å². The van der Waals surface area contributed by atoms with Crippen LogP contribution in [0.4, 0.5) is 0 Å². The first-order chi connectivity index (χ1) is 11.4. The minimum absolute atomic E-state index is 0.0466. The Bertz CT molecular complexity index is 855. The summed E-state index contributed by atoms with van der Waals surface area (Å²) in [5.41, 5.74) is 2.31. The number of carbonyl (C=O) groups is 1. The van der Waals surface area contributed by atoms with Crippen LogP contribution >= 0.6 is 11.6 Å². The lowest BCUT2D eigenvalue weighted by Gasteiger charge is -2.11. The lowest BCUT2D eigenvalue weighted by molar-refractivity contribution is 0.0944. The summed E-state index contributed by atoms with van der Waals surface area (Å²) in [6.45, 7) is 0. The first-order valence-corrected chi connectivity index (χ1v) is 8.54. The third kappa shape index (κ3) is 3.97. The van der Waals surface area contributed by atoms with Gasteiger partial charge in [-0.15, -0.1) is 4.83 Å². The van der Waals surface area contributed by atoms with Crippen LogP contribution in [0.5, 0.6) is 11.5 Å². The van der Waals surface area contributed by atoms with Crippen molar-refractivity contribution >= 4 is 27.5 Å². The Morgan fingerprint density at radius 3 is 2.33 bits per heavy atom. The SMILES string of the molecule is COc1ccc(C(=O)NNS(=O)(=O)c2ccccc2Cl)cc1OC. The lowest BCUT2D eigenvalue weighted by Crippen LogP contribution is -2.41. The van der Waals surface area contributed by atoms with Crippen LogP contribution in [0.2, 0.25) is 5.02 Å². The average Bonchev–Trinajstić information content (AvgIpc) is 2.59. The number of methoxy groups -OCH3 is 2. The minimum atomic E-state index is -3.99. The van der Waals surface area contributed by atoms with Crippen molar-refractivity contribution < 1.29 is 22.7 Å². The van der Waals surface area contributed by atoms with E-state index in [1.807, 2.05) is 4.83 Å². The van der Waals surface area contributed by atoms with Crippen molar-refractivity contribution in [2.75, 3.05) is 14.2 Å². The number of sulfonamides is 1. The Morgan fingerprint density at radius 2 is 1.71 bits per heavy atom. The first kappa shape index (κ1) is 18.1. The van der Waals surface area contributed by atoms with Crippen LogP contribution < -0.4 is 19.7 Å². The second-order valence-corrected chi connectivity index (χ2v) is 6.62. The Labute approximate surface area is 144 Å². The third-order valence-electron chi connectivity index (χ3n) is 3.07. The van der Waals surface area contributed by atoms with Crippen LogP contribution in [0, 0.1) is 0 Å². The first-order valence-electron chi connectivity index (χ1n) is 6.67. The molecule has 0 unspecified atom stereocenters. The number of hydrogen-bond donors (Lipinski definition) is 2. The van der Waals surface area contributed by atoms with E-state index in [-0.39, 0.29) is 15.5 Å². The summed E-state index contributed by atoms with van der Waals surface area (Å²) in [6, 6.07) is 10.3. The number of hydrazine groups is 1. The zero-order valence-electron chi connectivity index (χ0n) is 12.9. The molecule has 0 aliphatic heterocycles. The smallest absolute Gasteiger partial charge is 0.266 e. The highest BCUT2D eigenvalue weighted by molar-refractivity contribution is 7.89. The number of ether oxygens (including phenoxy) is 2. The van der Waals surface area contributed by atoms with E-state index >= 15 is 0 Å². The van der Waals surface area contributed by atoms with Gasteiger partial charge in [0.05, 0.1) is 19.2 Å². The molecular weight excluding hydrogens is 356 g/mol. The van der Waals surface area contributed by atoms with Crippen LogP contribution in [0.3, 0.4) is 0 Å².